The van der Waals surface area contributed by atoms with Gasteiger partial charge in [-0.3, -0.25) is 19.9 Å². The molecular formula is C23H24N6O4. The maximum atomic E-state index is 13.1. The number of morpholine rings is 1. The maximum Gasteiger partial charge on any atom is 0.293 e. The number of nitro groups is 1. The van der Waals surface area contributed by atoms with Crippen LogP contribution in [0.25, 0.3) is 11.0 Å². The highest BCUT2D eigenvalue weighted by Gasteiger charge is 2.27. The molecule has 5 rings (SSSR count). The number of aromatic nitrogens is 2. The van der Waals surface area contributed by atoms with Gasteiger partial charge < -0.3 is 19.4 Å². The van der Waals surface area contributed by atoms with Crippen LogP contribution in [0.15, 0.2) is 48.7 Å². The van der Waals surface area contributed by atoms with E-state index in [2.05, 4.69) is 14.9 Å². The number of nitro benzene ring substituents is 1. The lowest BCUT2D eigenvalue weighted by atomic mass is 10.1. The molecule has 2 aliphatic heterocycles. The molecule has 0 aliphatic carbocycles. The van der Waals surface area contributed by atoms with Crippen molar-refractivity contribution in [3.63, 3.8) is 0 Å². The summed E-state index contributed by atoms with van der Waals surface area (Å²) in [6, 6.07) is 12.5. The monoisotopic (exact) mass is 448 g/mol. The van der Waals surface area contributed by atoms with Crippen molar-refractivity contribution in [1.82, 2.24) is 14.9 Å². The second-order valence-electron chi connectivity index (χ2n) is 8.06. The molecule has 0 bridgehead atoms. The van der Waals surface area contributed by atoms with Crippen molar-refractivity contribution in [2.45, 2.75) is 0 Å². The Morgan fingerprint density at radius 2 is 1.67 bits per heavy atom. The Hall–Kier alpha value is -3.79. The van der Waals surface area contributed by atoms with Gasteiger partial charge in [0.1, 0.15) is 11.5 Å². The molecule has 2 saturated heterocycles. The summed E-state index contributed by atoms with van der Waals surface area (Å²) in [6.07, 6.45) is 1.76. The van der Waals surface area contributed by atoms with E-state index in [-0.39, 0.29) is 11.6 Å². The van der Waals surface area contributed by atoms with Gasteiger partial charge in [-0.15, -0.1) is 0 Å². The van der Waals surface area contributed by atoms with Crippen LogP contribution in [0.3, 0.4) is 0 Å². The zero-order chi connectivity index (χ0) is 22.8. The van der Waals surface area contributed by atoms with Crippen LogP contribution in [0, 0.1) is 10.1 Å². The minimum atomic E-state index is -0.419. The van der Waals surface area contributed by atoms with Crippen molar-refractivity contribution in [1.29, 1.82) is 0 Å². The van der Waals surface area contributed by atoms with Crippen molar-refractivity contribution in [2.75, 3.05) is 62.3 Å². The zero-order valence-electron chi connectivity index (χ0n) is 18.1. The zero-order valence-corrected chi connectivity index (χ0v) is 18.1. The lowest BCUT2D eigenvalue weighted by Gasteiger charge is -2.35. The van der Waals surface area contributed by atoms with Crippen LogP contribution < -0.4 is 9.80 Å². The fourth-order valence-electron chi connectivity index (χ4n) is 4.30. The summed E-state index contributed by atoms with van der Waals surface area (Å²) in [5.74, 6) is 0.585. The van der Waals surface area contributed by atoms with Crippen molar-refractivity contribution in [2.24, 2.45) is 0 Å². The normalized spacial score (nSPS) is 16.8. The van der Waals surface area contributed by atoms with Crippen LogP contribution in [0.2, 0.25) is 0 Å². The first kappa shape index (κ1) is 21.1. The Balaban J connectivity index is 1.29. The molecule has 0 N–H and O–H groups in total. The number of rotatable bonds is 4. The van der Waals surface area contributed by atoms with Crippen LogP contribution in [0.4, 0.5) is 17.2 Å². The molecule has 33 heavy (non-hydrogen) atoms. The average Bonchev–Trinajstić information content (AvgIpc) is 2.88. The second-order valence-corrected chi connectivity index (χ2v) is 8.06. The van der Waals surface area contributed by atoms with Gasteiger partial charge in [-0.1, -0.05) is 12.1 Å². The number of fused-ring (bicyclic) bond motifs is 1. The Labute approximate surface area is 190 Å². The van der Waals surface area contributed by atoms with Crippen LogP contribution in [0.1, 0.15) is 10.4 Å². The molecule has 10 heteroatoms. The molecule has 0 atom stereocenters. The van der Waals surface area contributed by atoms with Crippen molar-refractivity contribution in [3.05, 3.63) is 64.3 Å². The molecule has 0 radical (unpaired) electrons. The van der Waals surface area contributed by atoms with E-state index in [9.17, 15) is 14.9 Å². The number of anilines is 2. The molecule has 1 amide bonds. The fourth-order valence-corrected chi connectivity index (χ4v) is 4.30. The molecule has 2 fully saturated rings. The molecule has 2 aliphatic rings. The van der Waals surface area contributed by atoms with Gasteiger partial charge in [-0.25, -0.2) is 4.98 Å². The van der Waals surface area contributed by atoms with Gasteiger partial charge in [-0.05, 0) is 24.3 Å². The molecule has 3 heterocycles. The number of hydrogen-bond acceptors (Lipinski definition) is 8. The smallest absolute Gasteiger partial charge is 0.293 e. The van der Waals surface area contributed by atoms with Crippen molar-refractivity contribution >= 4 is 34.1 Å². The van der Waals surface area contributed by atoms with Crippen LogP contribution >= 0.6 is 0 Å². The molecule has 0 spiro atoms. The lowest BCUT2D eigenvalue weighted by molar-refractivity contribution is -0.384. The van der Waals surface area contributed by atoms with Gasteiger partial charge in [0.2, 0.25) is 0 Å². The van der Waals surface area contributed by atoms with Gasteiger partial charge in [0, 0.05) is 50.9 Å². The van der Waals surface area contributed by atoms with E-state index in [4.69, 9.17) is 4.74 Å². The number of ether oxygens (including phenoxy) is 1. The summed E-state index contributed by atoms with van der Waals surface area (Å²) < 4.78 is 5.34. The topological polar surface area (TPSA) is 105 Å². The number of carbonyl (C=O) groups is 1. The Bertz CT molecular complexity index is 1190. The highest BCUT2D eigenvalue weighted by molar-refractivity contribution is 5.96. The molecule has 0 saturated carbocycles. The van der Waals surface area contributed by atoms with E-state index in [1.165, 1.54) is 6.07 Å². The average molecular weight is 448 g/mol. The minimum Gasteiger partial charge on any atom is -0.378 e. The summed E-state index contributed by atoms with van der Waals surface area (Å²) >= 11 is 0. The van der Waals surface area contributed by atoms with Gasteiger partial charge >= 0.3 is 0 Å². The predicted octanol–water partition coefficient (Wildman–Crippen LogP) is 2.34. The van der Waals surface area contributed by atoms with E-state index in [1.54, 1.807) is 23.2 Å². The van der Waals surface area contributed by atoms with E-state index in [1.807, 2.05) is 29.2 Å². The molecule has 2 aromatic carbocycles. The third kappa shape index (κ3) is 4.29. The molecule has 1 aromatic heterocycles. The van der Waals surface area contributed by atoms with Gasteiger partial charge in [0.05, 0.1) is 35.4 Å². The summed E-state index contributed by atoms with van der Waals surface area (Å²) in [7, 11) is 0. The predicted molar refractivity (Wildman–Crippen MR) is 124 cm³/mol. The lowest BCUT2D eigenvalue weighted by Crippen LogP contribution is -2.49. The first-order valence-electron chi connectivity index (χ1n) is 11.0. The number of benzene rings is 2. The first-order chi connectivity index (χ1) is 16.1. The number of nitrogens with zero attached hydrogens (tertiary/aromatic N) is 6. The first-order valence-corrected chi connectivity index (χ1v) is 11.0. The summed E-state index contributed by atoms with van der Waals surface area (Å²) in [5.41, 5.74) is 2.49. The number of piperazine rings is 1. The third-order valence-corrected chi connectivity index (χ3v) is 6.10. The summed E-state index contributed by atoms with van der Waals surface area (Å²) in [5, 5.41) is 11.7. The fraction of sp³-hybridized carbons (Fsp3) is 0.348. The highest BCUT2D eigenvalue weighted by atomic mass is 16.6. The SMILES string of the molecule is O=C(c1ccc(N2CCOCC2)c([N+](=O)[O-])c1)N1CCN(c2cnc3ccccc3n2)CC1. The molecule has 10 nitrogen and oxygen atoms in total. The number of carbonyl (C=O) groups excluding carboxylic acids is 1. The van der Waals surface area contributed by atoms with Gasteiger partial charge in [0.25, 0.3) is 11.6 Å². The third-order valence-electron chi connectivity index (χ3n) is 6.10. The summed E-state index contributed by atoms with van der Waals surface area (Å²) in [4.78, 5) is 39.3. The Morgan fingerprint density at radius 3 is 2.39 bits per heavy atom. The van der Waals surface area contributed by atoms with Gasteiger partial charge in [0.15, 0.2) is 0 Å². The molecule has 170 valence electrons. The second kappa shape index (κ2) is 8.99. The number of amides is 1. The van der Waals surface area contributed by atoms with Crippen LogP contribution in [-0.2, 0) is 4.74 Å². The van der Waals surface area contributed by atoms with Crippen molar-refractivity contribution in [3.8, 4) is 0 Å². The summed E-state index contributed by atoms with van der Waals surface area (Å²) in [6.45, 7) is 4.49. The largest absolute Gasteiger partial charge is 0.378 e. The molecule has 3 aromatic rings. The van der Waals surface area contributed by atoms with Crippen LogP contribution in [0.5, 0.6) is 0 Å². The van der Waals surface area contributed by atoms with Crippen LogP contribution in [-0.4, -0.2) is 78.2 Å². The van der Waals surface area contributed by atoms with E-state index in [0.717, 1.165) is 16.9 Å². The Morgan fingerprint density at radius 1 is 0.939 bits per heavy atom. The number of para-hydroxylation sites is 2. The molecule has 0 unspecified atom stereocenters. The van der Waals surface area contributed by atoms with Gasteiger partial charge in [-0.2, -0.15) is 0 Å². The van der Waals surface area contributed by atoms with E-state index >= 15 is 0 Å². The Kier molecular flexibility index (Phi) is 5.74. The van der Waals surface area contributed by atoms with Crippen molar-refractivity contribution < 1.29 is 14.5 Å². The van der Waals surface area contributed by atoms with E-state index in [0.29, 0.717) is 63.7 Å². The standard InChI is InChI=1S/C23H24N6O4/c30-23(17-5-6-20(21(15-17)29(31)32)26-11-13-33-14-12-26)28-9-7-27(8-10-28)22-16-24-18-3-1-2-4-19(18)25-22/h1-6,15-16H,7-14H2. The molecular weight excluding hydrogens is 424 g/mol. The minimum absolute atomic E-state index is 0.0483. The quantitative estimate of drug-likeness (QED) is 0.442. The number of hydrogen-bond donors (Lipinski definition) is 0. The van der Waals surface area contributed by atoms with E-state index < -0.39 is 4.92 Å². The highest BCUT2D eigenvalue weighted by Crippen LogP contribution is 2.30. The maximum absolute atomic E-state index is 13.1.